The molecular formula is C79H152O17P2. The van der Waals surface area contributed by atoms with E-state index in [9.17, 15) is 43.2 Å². The lowest BCUT2D eigenvalue weighted by Gasteiger charge is -2.21. The zero-order valence-electron chi connectivity index (χ0n) is 63.5. The van der Waals surface area contributed by atoms with Crippen LogP contribution in [-0.4, -0.2) is 96.7 Å². The van der Waals surface area contributed by atoms with Gasteiger partial charge in [-0.3, -0.25) is 37.3 Å². The van der Waals surface area contributed by atoms with E-state index in [1.165, 1.54) is 225 Å². The van der Waals surface area contributed by atoms with Gasteiger partial charge in [0, 0.05) is 25.7 Å². The third kappa shape index (κ3) is 72.2. The standard InChI is InChI=1S/C79H152O17P2/c1-5-9-13-17-21-25-29-33-36-40-44-48-52-56-60-64-77(82)90-70-75(96-79(84)66-62-58-54-50-46-42-38-35-31-27-23-19-15-11-7-3)72-94-98(87,88)92-68-73(80)67-91-97(85,86)93-71-74(69-89-76(81)63-59-55-51-47-43-39-32-28-24-20-16-12-8-4)95-78(83)65-61-57-53-49-45-41-37-34-30-26-22-18-14-10-6-2/h28,32,73-75,80H,5-27,29-31,33-72H2,1-4H3,(H,85,86)(H,87,88)/b32-28-/t73-,74-,75-/m1/s1. The van der Waals surface area contributed by atoms with E-state index >= 15 is 0 Å². The Balaban J connectivity index is 5.28. The molecule has 0 aliphatic rings. The van der Waals surface area contributed by atoms with Crippen molar-refractivity contribution in [1.29, 1.82) is 0 Å². The Morgan fingerprint density at radius 2 is 0.469 bits per heavy atom. The highest BCUT2D eigenvalue weighted by atomic mass is 31.2. The van der Waals surface area contributed by atoms with Crippen LogP contribution in [0.25, 0.3) is 0 Å². The number of hydrogen-bond acceptors (Lipinski definition) is 15. The predicted octanol–water partition coefficient (Wildman–Crippen LogP) is 23.6. The molecule has 3 N–H and O–H groups in total. The number of carbonyl (C=O) groups excluding carboxylic acids is 4. The van der Waals surface area contributed by atoms with Crippen LogP contribution in [0.3, 0.4) is 0 Å². The van der Waals surface area contributed by atoms with Gasteiger partial charge in [-0.15, -0.1) is 0 Å². The van der Waals surface area contributed by atoms with Gasteiger partial charge in [0.05, 0.1) is 26.4 Å². The predicted molar refractivity (Wildman–Crippen MR) is 400 cm³/mol. The molecule has 0 fully saturated rings. The molecule has 0 saturated heterocycles. The third-order valence-electron chi connectivity index (χ3n) is 18.3. The molecule has 0 heterocycles. The van der Waals surface area contributed by atoms with Gasteiger partial charge < -0.3 is 33.8 Å². The molecule has 2 unspecified atom stereocenters. The van der Waals surface area contributed by atoms with Crippen molar-refractivity contribution < 1.29 is 80.2 Å². The summed E-state index contributed by atoms with van der Waals surface area (Å²) in [5, 5.41) is 10.6. The first-order valence-corrected chi connectivity index (χ1v) is 43.9. The number of allylic oxidation sites excluding steroid dienone is 2. The average Bonchev–Trinajstić information content (AvgIpc) is 0.977. The van der Waals surface area contributed by atoms with Gasteiger partial charge in [-0.1, -0.05) is 348 Å². The monoisotopic (exact) mass is 1440 g/mol. The van der Waals surface area contributed by atoms with Crippen molar-refractivity contribution in [1.82, 2.24) is 0 Å². The SMILES string of the molecule is CCCCCC/C=C\CCCCCCCC(=O)OC[C@H](COP(=O)(O)OC[C@@H](O)COP(=O)(O)OC[C@@H](COC(=O)CCCCCCCCCCCCCCCCC)OC(=O)CCCCCCCCCCCCCCCCC)OC(=O)CCCCCCCCCCCCCCCCC. The van der Waals surface area contributed by atoms with Gasteiger partial charge in [-0.05, 0) is 51.4 Å². The summed E-state index contributed by atoms with van der Waals surface area (Å²) < 4.78 is 68.7. The molecule has 19 heteroatoms. The molecule has 0 spiro atoms. The topological polar surface area (TPSA) is 237 Å². The Morgan fingerprint density at radius 3 is 0.714 bits per heavy atom. The fourth-order valence-corrected chi connectivity index (χ4v) is 13.6. The molecule has 17 nitrogen and oxygen atoms in total. The Labute approximate surface area is 600 Å². The average molecular weight is 1440 g/mol. The molecule has 0 radical (unpaired) electrons. The number of esters is 4. The van der Waals surface area contributed by atoms with Gasteiger partial charge in [0.15, 0.2) is 12.2 Å². The van der Waals surface area contributed by atoms with Crippen LogP contribution in [0.2, 0.25) is 0 Å². The molecule has 0 aromatic carbocycles. The number of unbranched alkanes of at least 4 members (excludes halogenated alkanes) is 51. The zero-order valence-corrected chi connectivity index (χ0v) is 65.3. The highest BCUT2D eigenvalue weighted by Gasteiger charge is 2.30. The maximum absolute atomic E-state index is 13.1. The highest BCUT2D eigenvalue weighted by Crippen LogP contribution is 2.45. The number of aliphatic hydroxyl groups is 1. The molecule has 0 aliphatic heterocycles. The van der Waals surface area contributed by atoms with Crippen LogP contribution >= 0.6 is 15.6 Å². The van der Waals surface area contributed by atoms with Crippen LogP contribution < -0.4 is 0 Å². The number of carbonyl (C=O) groups is 4. The summed E-state index contributed by atoms with van der Waals surface area (Å²) in [6.45, 7) is 4.99. The second kappa shape index (κ2) is 73.1. The van der Waals surface area contributed by atoms with Crippen molar-refractivity contribution in [2.75, 3.05) is 39.6 Å². The first-order valence-electron chi connectivity index (χ1n) is 40.9. The van der Waals surface area contributed by atoms with E-state index in [0.717, 1.165) is 109 Å². The van der Waals surface area contributed by atoms with Crippen molar-refractivity contribution >= 4 is 39.5 Å². The molecule has 0 rings (SSSR count). The molecular weight excluding hydrogens is 1280 g/mol. The lowest BCUT2D eigenvalue weighted by Crippen LogP contribution is -2.30. The molecule has 5 atom stereocenters. The van der Waals surface area contributed by atoms with Gasteiger partial charge >= 0.3 is 39.5 Å². The minimum atomic E-state index is -4.96. The zero-order chi connectivity index (χ0) is 71.8. The molecule has 0 saturated carbocycles. The van der Waals surface area contributed by atoms with E-state index in [1.54, 1.807) is 0 Å². The maximum Gasteiger partial charge on any atom is 0.472 e. The van der Waals surface area contributed by atoms with Gasteiger partial charge in [0.2, 0.25) is 0 Å². The van der Waals surface area contributed by atoms with Gasteiger partial charge in [0.25, 0.3) is 0 Å². The lowest BCUT2D eigenvalue weighted by atomic mass is 10.0. The van der Waals surface area contributed by atoms with Gasteiger partial charge in [0.1, 0.15) is 19.3 Å². The van der Waals surface area contributed by atoms with Crippen LogP contribution in [0.5, 0.6) is 0 Å². The van der Waals surface area contributed by atoms with E-state index in [-0.39, 0.29) is 25.7 Å². The van der Waals surface area contributed by atoms with Crippen molar-refractivity contribution in [3.63, 3.8) is 0 Å². The Hall–Kier alpha value is -2.20. The summed E-state index contributed by atoms with van der Waals surface area (Å²) in [5.41, 5.74) is 0. The fraction of sp³-hybridized carbons (Fsp3) is 0.924. The third-order valence-corrected chi connectivity index (χ3v) is 20.2. The lowest BCUT2D eigenvalue weighted by molar-refractivity contribution is -0.161. The molecule has 580 valence electrons. The molecule has 0 amide bonds. The number of phosphoric acid groups is 2. The van der Waals surface area contributed by atoms with E-state index in [4.69, 9.17) is 37.0 Å². The quantitative estimate of drug-likeness (QED) is 0.0169. The summed E-state index contributed by atoms with van der Waals surface area (Å²) >= 11 is 0. The maximum atomic E-state index is 13.1. The van der Waals surface area contributed by atoms with Crippen LogP contribution in [-0.2, 0) is 65.4 Å². The first kappa shape index (κ1) is 95.8. The van der Waals surface area contributed by atoms with Crippen molar-refractivity contribution in [3.8, 4) is 0 Å². The molecule has 98 heavy (non-hydrogen) atoms. The van der Waals surface area contributed by atoms with Crippen molar-refractivity contribution in [2.24, 2.45) is 0 Å². The van der Waals surface area contributed by atoms with Crippen LogP contribution in [0.1, 0.15) is 413 Å². The van der Waals surface area contributed by atoms with E-state index in [2.05, 4.69) is 39.8 Å². The van der Waals surface area contributed by atoms with Crippen molar-refractivity contribution in [3.05, 3.63) is 12.2 Å². The number of aliphatic hydroxyl groups excluding tert-OH is 1. The Kier molecular flexibility index (Phi) is 71.5. The minimum absolute atomic E-state index is 0.105. The van der Waals surface area contributed by atoms with Crippen LogP contribution in [0.15, 0.2) is 12.2 Å². The first-order chi connectivity index (χ1) is 47.7. The van der Waals surface area contributed by atoms with E-state index in [0.29, 0.717) is 25.7 Å². The summed E-state index contributed by atoms with van der Waals surface area (Å²) in [4.78, 5) is 73.0. The summed E-state index contributed by atoms with van der Waals surface area (Å²) in [6.07, 6.45) is 66.0. The number of hydrogen-bond donors (Lipinski definition) is 3. The second-order valence-corrected chi connectivity index (χ2v) is 31.0. The Morgan fingerprint density at radius 1 is 0.276 bits per heavy atom. The summed E-state index contributed by atoms with van der Waals surface area (Å²) in [7, 11) is -9.92. The molecule has 0 aliphatic carbocycles. The summed E-state index contributed by atoms with van der Waals surface area (Å²) in [6, 6.07) is 0. The smallest absolute Gasteiger partial charge is 0.462 e. The van der Waals surface area contributed by atoms with Crippen LogP contribution in [0, 0.1) is 0 Å². The summed E-state index contributed by atoms with van der Waals surface area (Å²) in [5.74, 6) is -2.12. The Bertz CT molecular complexity index is 1910. The molecule has 0 aromatic rings. The van der Waals surface area contributed by atoms with E-state index < -0.39 is 97.5 Å². The molecule has 0 aromatic heterocycles. The number of phosphoric ester groups is 2. The van der Waals surface area contributed by atoms with Crippen LogP contribution in [0.4, 0.5) is 0 Å². The normalized spacial score (nSPS) is 13.9. The number of ether oxygens (including phenoxy) is 4. The largest absolute Gasteiger partial charge is 0.472 e. The van der Waals surface area contributed by atoms with Gasteiger partial charge in [-0.2, -0.15) is 0 Å². The molecule has 0 bridgehead atoms. The number of rotatable bonds is 79. The minimum Gasteiger partial charge on any atom is -0.462 e. The second-order valence-electron chi connectivity index (χ2n) is 28.1. The van der Waals surface area contributed by atoms with Gasteiger partial charge in [-0.25, -0.2) is 9.13 Å². The fourth-order valence-electron chi connectivity index (χ4n) is 12.0. The van der Waals surface area contributed by atoms with Crippen molar-refractivity contribution in [2.45, 2.75) is 431 Å². The highest BCUT2D eigenvalue weighted by molar-refractivity contribution is 7.47. The van der Waals surface area contributed by atoms with E-state index in [1.807, 2.05) is 0 Å².